The van der Waals surface area contributed by atoms with Crippen molar-refractivity contribution in [2.45, 2.75) is 6.18 Å². The van der Waals surface area contributed by atoms with E-state index in [0.717, 1.165) is 7.11 Å². The van der Waals surface area contributed by atoms with Crippen molar-refractivity contribution in [1.29, 1.82) is 5.26 Å². The molecule has 0 rings (SSSR count). The van der Waals surface area contributed by atoms with E-state index in [9.17, 15) is 18.0 Å². The minimum absolute atomic E-state index is 0.204. The van der Waals surface area contributed by atoms with Gasteiger partial charge in [0.05, 0.1) is 7.11 Å². The molecule has 0 aromatic rings. The van der Waals surface area contributed by atoms with Crippen LogP contribution in [-0.2, 0) is 9.53 Å². The predicted molar refractivity (Wildman–Crippen MR) is 42.5 cm³/mol. The first kappa shape index (κ1) is 13.0. The zero-order chi connectivity index (χ0) is 12.1. The number of aliphatic hydroxyl groups is 1. The fourth-order valence-corrected chi connectivity index (χ4v) is 0.518. The number of hydrogen-bond acceptors (Lipinski definition) is 4. The number of hydrogen-bond donors (Lipinski definition) is 1. The number of nitrogens with zero attached hydrogens (tertiary/aromatic N) is 1. The summed E-state index contributed by atoms with van der Waals surface area (Å²) in [6.45, 7) is 0. The third-order valence-electron chi connectivity index (χ3n) is 1.22. The average molecular weight is 221 g/mol. The maximum atomic E-state index is 11.7. The Kier molecular flexibility index (Phi) is 4.38. The molecule has 0 radical (unpaired) electrons. The smallest absolute Gasteiger partial charge is 0.448 e. The van der Waals surface area contributed by atoms with E-state index in [-0.39, 0.29) is 6.08 Å². The number of alkyl halides is 3. The summed E-state index contributed by atoms with van der Waals surface area (Å²) in [6, 6.07) is 1.32. The summed E-state index contributed by atoms with van der Waals surface area (Å²) in [5, 5.41) is 16.7. The van der Waals surface area contributed by atoms with Crippen molar-refractivity contribution >= 4 is 5.97 Å². The zero-order valence-electron chi connectivity index (χ0n) is 7.50. The molecule has 15 heavy (non-hydrogen) atoms. The molecule has 0 saturated carbocycles. The molecule has 0 spiro atoms. The van der Waals surface area contributed by atoms with Crippen LogP contribution in [0.1, 0.15) is 0 Å². The standard InChI is InChI=1S/C8H6F3NO3/c1-15-7(14)5(4-12)2-3-6(13)8(9,10)11/h2-3,13H,1H3/b5-2+,6-3+. The lowest BCUT2D eigenvalue weighted by atomic mass is 10.2. The van der Waals surface area contributed by atoms with Gasteiger partial charge in [-0.25, -0.2) is 4.79 Å². The van der Waals surface area contributed by atoms with Crippen molar-refractivity contribution in [3.05, 3.63) is 23.5 Å². The zero-order valence-corrected chi connectivity index (χ0v) is 7.50. The molecule has 0 aliphatic heterocycles. The molecule has 0 fully saturated rings. The molecule has 0 bridgehead atoms. The van der Waals surface area contributed by atoms with Crippen LogP contribution in [0.25, 0.3) is 0 Å². The Labute approximate surface area is 82.9 Å². The van der Waals surface area contributed by atoms with Gasteiger partial charge in [-0.3, -0.25) is 0 Å². The normalized spacial score (nSPS) is 13.3. The topological polar surface area (TPSA) is 70.3 Å². The van der Waals surface area contributed by atoms with Crippen LogP contribution in [0.4, 0.5) is 13.2 Å². The van der Waals surface area contributed by atoms with Crippen LogP contribution in [0.3, 0.4) is 0 Å². The molecule has 0 aromatic heterocycles. The van der Waals surface area contributed by atoms with Gasteiger partial charge < -0.3 is 9.84 Å². The summed E-state index contributed by atoms with van der Waals surface area (Å²) in [4.78, 5) is 10.7. The van der Waals surface area contributed by atoms with Crippen LogP contribution >= 0.6 is 0 Å². The first-order valence-electron chi connectivity index (χ1n) is 3.49. The summed E-state index contributed by atoms with van der Waals surface area (Å²) < 4.78 is 39.3. The molecule has 0 aromatic carbocycles. The monoisotopic (exact) mass is 221 g/mol. The van der Waals surface area contributed by atoms with Crippen molar-refractivity contribution in [2.75, 3.05) is 7.11 Å². The molecule has 0 aliphatic carbocycles. The van der Waals surface area contributed by atoms with Gasteiger partial charge in [-0.15, -0.1) is 0 Å². The molecule has 0 unspecified atom stereocenters. The first-order valence-corrected chi connectivity index (χ1v) is 3.49. The van der Waals surface area contributed by atoms with Crippen molar-refractivity contribution in [3.8, 4) is 6.07 Å². The maximum Gasteiger partial charge on any atom is 0.448 e. The van der Waals surface area contributed by atoms with Crippen molar-refractivity contribution in [3.63, 3.8) is 0 Å². The second-order valence-corrected chi connectivity index (χ2v) is 2.23. The van der Waals surface area contributed by atoms with Crippen molar-refractivity contribution < 1.29 is 27.8 Å². The van der Waals surface area contributed by atoms with E-state index >= 15 is 0 Å². The quantitative estimate of drug-likeness (QED) is 0.253. The highest BCUT2D eigenvalue weighted by Gasteiger charge is 2.33. The van der Waals surface area contributed by atoms with Gasteiger partial charge in [0.25, 0.3) is 0 Å². The molecule has 4 nitrogen and oxygen atoms in total. The van der Waals surface area contributed by atoms with Crippen LogP contribution in [-0.4, -0.2) is 24.4 Å². The Morgan fingerprint density at radius 3 is 2.33 bits per heavy atom. The number of aliphatic hydroxyl groups excluding tert-OH is 1. The average Bonchev–Trinajstić information content (AvgIpc) is 2.16. The molecular formula is C8H6F3NO3. The van der Waals surface area contributed by atoms with E-state index in [0.29, 0.717) is 6.08 Å². The summed E-state index contributed by atoms with van der Waals surface area (Å²) in [7, 11) is 0.973. The number of carbonyl (C=O) groups excluding carboxylic acids is 1. The van der Waals surface area contributed by atoms with Crippen molar-refractivity contribution in [2.24, 2.45) is 0 Å². The number of nitriles is 1. The molecule has 0 aliphatic rings. The Morgan fingerprint density at radius 2 is 2.00 bits per heavy atom. The van der Waals surface area contributed by atoms with Gasteiger partial charge in [0, 0.05) is 0 Å². The minimum atomic E-state index is -4.91. The Hall–Kier alpha value is -1.97. The summed E-state index contributed by atoms with van der Waals surface area (Å²) in [6.07, 6.45) is -4.18. The van der Waals surface area contributed by atoms with Crippen LogP contribution in [0, 0.1) is 11.3 Å². The second kappa shape index (κ2) is 5.05. The highest BCUT2D eigenvalue weighted by molar-refractivity contribution is 5.92. The maximum absolute atomic E-state index is 11.7. The number of allylic oxidation sites excluding steroid dienone is 3. The molecule has 7 heteroatoms. The fourth-order valence-electron chi connectivity index (χ4n) is 0.518. The van der Waals surface area contributed by atoms with E-state index < -0.39 is 23.5 Å². The van der Waals surface area contributed by atoms with Gasteiger partial charge in [-0.2, -0.15) is 18.4 Å². The fraction of sp³-hybridized carbons (Fsp3) is 0.250. The third kappa shape index (κ3) is 4.17. The summed E-state index contributed by atoms with van der Waals surface area (Å²) in [5.74, 6) is -2.98. The van der Waals surface area contributed by atoms with Crippen molar-refractivity contribution in [1.82, 2.24) is 0 Å². The number of methoxy groups -OCH3 is 1. The van der Waals surface area contributed by atoms with Gasteiger partial charge >= 0.3 is 12.1 Å². The van der Waals surface area contributed by atoms with Gasteiger partial charge in [-0.05, 0) is 12.2 Å². The van der Waals surface area contributed by atoms with E-state index in [1.54, 1.807) is 0 Å². The number of esters is 1. The van der Waals surface area contributed by atoms with E-state index in [2.05, 4.69) is 4.74 Å². The molecular weight excluding hydrogens is 215 g/mol. The number of carbonyl (C=O) groups is 1. The highest BCUT2D eigenvalue weighted by atomic mass is 19.4. The van der Waals surface area contributed by atoms with Gasteiger partial charge in [-0.1, -0.05) is 0 Å². The van der Waals surface area contributed by atoms with Gasteiger partial charge in [0.2, 0.25) is 0 Å². The predicted octanol–water partition coefficient (Wildman–Crippen LogP) is 1.61. The third-order valence-corrected chi connectivity index (χ3v) is 1.22. The molecule has 0 amide bonds. The summed E-state index contributed by atoms with van der Waals surface area (Å²) >= 11 is 0. The largest absolute Gasteiger partial charge is 0.504 e. The van der Waals surface area contributed by atoms with Gasteiger partial charge in [0.15, 0.2) is 5.76 Å². The molecule has 82 valence electrons. The Bertz CT molecular complexity index is 349. The van der Waals surface area contributed by atoms with E-state index in [1.165, 1.54) is 6.07 Å². The van der Waals surface area contributed by atoms with E-state index in [4.69, 9.17) is 10.4 Å². The molecule has 0 atom stereocenters. The second-order valence-electron chi connectivity index (χ2n) is 2.23. The van der Waals surface area contributed by atoms with Crippen LogP contribution < -0.4 is 0 Å². The lowest BCUT2D eigenvalue weighted by molar-refractivity contribution is -0.135. The number of halogens is 3. The minimum Gasteiger partial charge on any atom is -0.504 e. The number of ether oxygens (including phenoxy) is 1. The lowest BCUT2D eigenvalue weighted by Crippen LogP contribution is -2.11. The van der Waals surface area contributed by atoms with E-state index in [1.807, 2.05) is 0 Å². The van der Waals surface area contributed by atoms with Crippen LogP contribution in [0.5, 0.6) is 0 Å². The van der Waals surface area contributed by atoms with Crippen LogP contribution in [0.2, 0.25) is 0 Å². The first-order chi connectivity index (χ1) is 6.82. The molecule has 0 saturated heterocycles. The highest BCUT2D eigenvalue weighted by Crippen LogP contribution is 2.23. The molecule has 0 heterocycles. The van der Waals surface area contributed by atoms with Crippen LogP contribution in [0.15, 0.2) is 23.5 Å². The summed E-state index contributed by atoms with van der Waals surface area (Å²) in [5.41, 5.74) is -0.645. The Balaban J connectivity index is 4.92. The lowest BCUT2D eigenvalue weighted by Gasteiger charge is -2.02. The van der Waals surface area contributed by atoms with Gasteiger partial charge in [0.1, 0.15) is 11.6 Å². The molecule has 1 N–H and O–H groups in total. The Morgan fingerprint density at radius 1 is 1.47 bits per heavy atom. The number of rotatable bonds is 2. The SMILES string of the molecule is COC(=O)/C(C#N)=C/C=C(/O)C(F)(F)F.